The van der Waals surface area contributed by atoms with E-state index in [1.165, 1.54) is 11.1 Å². The zero-order chi connectivity index (χ0) is 14.9. The molecule has 0 fully saturated rings. The van der Waals surface area contributed by atoms with Crippen molar-refractivity contribution in [2.24, 2.45) is 5.92 Å². The van der Waals surface area contributed by atoms with Crippen molar-refractivity contribution in [2.75, 3.05) is 6.54 Å². The largest absolute Gasteiger partial charge is 0.354 e. The predicted octanol–water partition coefficient (Wildman–Crippen LogP) is 5.29. The minimum atomic E-state index is 0.617. The fraction of sp³-hybridized carbons (Fsp3) is 0.200. The summed E-state index contributed by atoms with van der Waals surface area (Å²) in [6.07, 6.45) is 8.60. The number of rotatable bonds is 6. The second-order valence-corrected chi connectivity index (χ2v) is 5.54. The van der Waals surface area contributed by atoms with Crippen molar-refractivity contribution in [3.63, 3.8) is 0 Å². The van der Waals surface area contributed by atoms with Crippen LogP contribution in [0.1, 0.15) is 25.0 Å². The van der Waals surface area contributed by atoms with Crippen LogP contribution in [0.4, 0.5) is 0 Å². The van der Waals surface area contributed by atoms with E-state index < -0.39 is 0 Å². The fourth-order valence-electron chi connectivity index (χ4n) is 2.08. The van der Waals surface area contributed by atoms with Gasteiger partial charge in [-0.2, -0.15) is 0 Å². The monoisotopic (exact) mass is 277 g/mol. The van der Waals surface area contributed by atoms with Crippen molar-refractivity contribution in [1.29, 1.82) is 0 Å². The molecule has 0 aromatic heterocycles. The van der Waals surface area contributed by atoms with Gasteiger partial charge in [0.15, 0.2) is 0 Å². The summed E-state index contributed by atoms with van der Waals surface area (Å²) in [5.41, 5.74) is 2.44. The lowest BCUT2D eigenvalue weighted by Crippen LogP contribution is -2.15. The predicted molar refractivity (Wildman–Crippen MR) is 92.5 cm³/mol. The zero-order valence-electron chi connectivity index (χ0n) is 12.8. The Morgan fingerprint density at radius 3 is 1.57 bits per heavy atom. The Hall–Kier alpha value is -2.28. The van der Waals surface area contributed by atoms with Crippen LogP contribution in [0.15, 0.2) is 73.1 Å². The van der Waals surface area contributed by atoms with Crippen LogP contribution in [-0.2, 0) is 0 Å². The number of hydrogen-bond acceptors (Lipinski definition) is 1. The van der Waals surface area contributed by atoms with E-state index in [0.717, 1.165) is 6.54 Å². The van der Waals surface area contributed by atoms with Gasteiger partial charge in [0.1, 0.15) is 0 Å². The third kappa shape index (κ3) is 5.70. The molecule has 0 spiro atoms. The summed E-state index contributed by atoms with van der Waals surface area (Å²) >= 11 is 0. The molecule has 1 heteroatoms. The molecule has 0 N–H and O–H groups in total. The molecular weight excluding hydrogens is 254 g/mol. The molecule has 0 aliphatic rings. The molecule has 2 aromatic carbocycles. The normalized spacial score (nSPS) is 11.6. The lowest BCUT2D eigenvalue weighted by Gasteiger charge is -2.18. The molecule has 0 radical (unpaired) electrons. The molecule has 21 heavy (non-hydrogen) atoms. The average Bonchev–Trinajstić information content (AvgIpc) is 2.51. The van der Waals surface area contributed by atoms with Gasteiger partial charge in [0, 0.05) is 18.9 Å². The molecule has 0 amide bonds. The third-order valence-corrected chi connectivity index (χ3v) is 3.09. The van der Waals surface area contributed by atoms with Crippen molar-refractivity contribution < 1.29 is 0 Å². The summed E-state index contributed by atoms with van der Waals surface area (Å²) in [7, 11) is 0. The fourth-order valence-corrected chi connectivity index (χ4v) is 2.08. The topological polar surface area (TPSA) is 3.24 Å². The van der Waals surface area contributed by atoms with Gasteiger partial charge in [-0.05, 0) is 29.2 Å². The second-order valence-electron chi connectivity index (χ2n) is 5.54. The quantitative estimate of drug-likeness (QED) is 0.693. The molecule has 0 aliphatic heterocycles. The van der Waals surface area contributed by atoms with E-state index in [0.29, 0.717) is 5.92 Å². The maximum Gasteiger partial charge on any atom is 0.0242 e. The minimum absolute atomic E-state index is 0.617. The van der Waals surface area contributed by atoms with E-state index in [-0.39, 0.29) is 0 Å². The van der Waals surface area contributed by atoms with E-state index in [1.54, 1.807) is 0 Å². The van der Waals surface area contributed by atoms with Gasteiger partial charge in [0.2, 0.25) is 0 Å². The van der Waals surface area contributed by atoms with E-state index in [2.05, 4.69) is 91.8 Å². The molecule has 1 nitrogen and oxygen atoms in total. The van der Waals surface area contributed by atoms with Gasteiger partial charge in [-0.1, -0.05) is 74.5 Å². The minimum Gasteiger partial charge on any atom is -0.354 e. The van der Waals surface area contributed by atoms with Gasteiger partial charge in [-0.25, -0.2) is 0 Å². The Morgan fingerprint density at radius 1 is 0.762 bits per heavy atom. The Labute approximate surface area is 128 Å². The number of nitrogens with zero attached hydrogens (tertiary/aromatic N) is 1. The van der Waals surface area contributed by atoms with Crippen molar-refractivity contribution in [2.45, 2.75) is 13.8 Å². The van der Waals surface area contributed by atoms with Crippen molar-refractivity contribution in [1.82, 2.24) is 4.90 Å². The van der Waals surface area contributed by atoms with E-state index in [9.17, 15) is 0 Å². The van der Waals surface area contributed by atoms with Gasteiger partial charge >= 0.3 is 0 Å². The Bertz CT molecular complexity index is 518. The highest BCUT2D eigenvalue weighted by Crippen LogP contribution is 2.08. The van der Waals surface area contributed by atoms with Crippen LogP contribution in [-0.4, -0.2) is 11.4 Å². The van der Waals surface area contributed by atoms with E-state index >= 15 is 0 Å². The standard InChI is InChI=1S/C20H23N/c1-18(2)17-21(15-13-19-9-5-3-6-10-19)16-14-20-11-7-4-8-12-20/h3-16,18H,17H2,1-2H3. The van der Waals surface area contributed by atoms with Crippen LogP contribution in [0.3, 0.4) is 0 Å². The highest BCUT2D eigenvalue weighted by atomic mass is 15.1. The van der Waals surface area contributed by atoms with Crippen LogP contribution in [0.25, 0.3) is 12.2 Å². The van der Waals surface area contributed by atoms with E-state index in [4.69, 9.17) is 0 Å². The number of benzene rings is 2. The van der Waals surface area contributed by atoms with E-state index in [1.807, 2.05) is 12.1 Å². The molecule has 108 valence electrons. The summed E-state index contributed by atoms with van der Waals surface area (Å²) in [6, 6.07) is 20.8. The van der Waals surface area contributed by atoms with Crippen LogP contribution < -0.4 is 0 Å². The highest BCUT2D eigenvalue weighted by molar-refractivity contribution is 5.51. The Morgan fingerprint density at radius 2 is 1.19 bits per heavy atom. The molecule has 0 aliphatic carbocycles. The van der Waals surface area contributed by atoms with Crippen LogP contribution in [0.2, 0.25) is 0 Å². The first-order valence-corrected chi connectivity index (χ1v) is 7.46. The molecule has 0 saturated carbocycles. The molecular formula is C20H23N. The summed E-state index contributed by atoms with van der Waals surface area (Å²) in [4.78, 5) is 2.24. The molecule has 0 heterocycles. The molecule has 0 unspecified atom stereocenters. The lowest BCUT2D eigenvalue weighted by molar-refractivity contribution is 0.428. The average molecular weight is 277 g/mol. The van der Waals surface area contributed by atoms with Crippen molar-refractivity contribution in [3.05, 3.63) is 84.2 Å². The number of hydrogen-bond donors (Lipinski definition) is 0. The molecule has 0 saturated heterocycles. The van der Waals surface area contributed by atoms with Crippen molar-refractivity contribution >= 4 is 12.2 Å². The van der Waals surface area contributed by atoms with Crippen LogP contribution in [0.5, 0.6) is 0 Å². The molecule has 0 bridgehead atoms. The van der Waals surface area contributed by atoms with Gasteiger partial charge in [-0.15, -0.1) is 0 Å². The first kappa shape index (κ1) is 15.1. The lowest BCUT2D eigenvalue weighted by atomic mass is 10.2. The van der Waals surface area contributed by atoms with Gasteiger partial charge in [0.05, 0.1) is 0 Å². The Kier molecular flexibility index (Phi) is 5.83. The van der Waals surface area contributed by atoms with Gasteiger partial charge in [0.25, 0.3) is 0 Å². The maximum absolute atomic E-state index is 2.24. The smallest absolute Gasteiger partial charge is 0.0242 e. The first-order chi connectivity index (χ1) is 10.2. The second kappa shape index (κ2) is 8.11. The summed E-state index contributed by atoms with van der Waals surface area (Å²) in [5.74, 6) is 0.617. The van der Waals surface area contributed by atoms with Gasteiger partial charge in [-0.3, -0.25) is 0 Å². The Balaban J connectivity index is 2.07. The first-order valence-electron chi connectivity index (χ1n) is 7.46. The molecule has 0 atom stereocenters. The molecule has 2 rings (SSSR count). The SMILES string of the molecule is CC(C)CN(C=Cc1ccccc1)C=Cc1ccccc1. The van der Waals surface area contributed by atoms with Crippen LogP contribution >= 0.6 is 0 Å². The third-order valence-electron chi connectivity index (χ3n) is 3.09. The highest BCUT2D eigenvalue weighted by Gasteiger charge is 1.99. The maximum atomic E-state index is 2.24. The zero-order valence-corrected chi connectivity index (χ0v) is 12.8. The van der Waals surface area contributed by atoms with Crippen molar-refractivity contribution in [3.8, 4) is 0 Å². The summed E-state index contributed by atoms with van der Waals surface area (Å²) in [5, 5.41) is 0. The molecule has 2 aromatic rings. The summed E-state index contributed by atoms with van der Waals surface area (Å²) < 4.78 is 0. The van der Waals surface area contributed by atoms with Gasteiger partial charge < -0.3 is 4.90 Å². The summed E-state index contributed by atoms with van der Waals surface area (Å²) in [6.45, 7) is 5.48. The van der Waals surface area contributed by atoms with Crippen LogP contribution in [0, 0.1) is 5.92 Å².